The number of hydrogen-bond acceptors (Lipinski definition) is 3. The topological polar surface area (TPSA) is 61.8 Å². The Morgan fingerprint density at radius 2 is 2.22 bits per heavy atom. The second-order valence-electron chi connectivity index (χ2n) is 4.90. The molecule has 0 aromatic heterocycles. The van der Waals surface area contributed by atoms with E-state index < -0.39 is 22.9 Å². The Bertz CT molecular complexity index is 412. The molecule has 102 valence electrons. The van der Waals surface area contributed by atoms with Gasteiger partial charge in [-0.2, -0.15) is 23.3 Å². The lowest BCUT2D eigenvalue weighted by Crippen LogP contribution is -2.62. The van der Waals surface area contributed by atoms with Crippen LogP contribution in [0.3, 0.4) is 0 Å². The number of nitrogens with two attached hydrogens (primary N) is 1. The minimum Gasteiger partial charge on any atom is -0.375 e. The Labute approximate surface area is 108 Å². The molecule has 0 radical (unpaired) electrons. The van der Waals surface area contributed by atoms with Crippen LogP contribution in [-0.4, -0.2) is 32.8 Å². The van der Waals surface area contributed by atoms with Crippen LogP contribution in [0.5, 0.6) is 0 Å². The highest BCUT2D eigenvalue weighted by atomic mass is 32.1. The molecule has 1 heterocycles. The predicted octanol–water partition coefficient (Wildman–Crippen LogP) is 1.59. The van der Waals surface area contributed by atoms with E-state index in [1.807, 2.05) is 6.92 Å². The van der Waals surface area contributed by atoms with Crippen LogP contribution in [0.15, 0.2) is 5.10 Å². The van der Waals surface area contributed by atoms with E-state index >= 15 is 0 Å². The molecule has 1 aliphatic heterocycles. The van der Waals surface area contributed by atoms with Crippen LogP contribution < -0.4 is 5.73 Å². The molecule has 1 saturated carbocycles. The zero-order valence-electron chi connectivity index (χ0n) is 9.74. The normalized spacial score (nSPS) is 36.3. The number of aliphatic hydroxyl groups is 1. The van der Waals surface area contributed by atoms with Crippen molar-refractivity contribution in [1.82, 2.24) is 5.01 Å². The van der Waals surface area contributed by atoms with Crippen LogP contribution in [0.25, 0.3) is 0 Å². The molecule has 0 spiro atoms. The predicted molar refractivity (Wildman–Crippen MR) is 63.6 cm³/mol. The summed E-state index contributed by atoms with van der Waals surface area (Å²) in [7, 11) is 0. The second-order valence-corrected chi connectivity index (χ2v) is 5.32. The molecule has 0 amide bonds. The summed E-state index contributed by atoms with van der Waals surface area (Å²) in [5, 5.41) is 13.6. The van der Waals surface area contributed by atoms with E-state index in [-0.39, 0.29) is 12.3 Å². The molecule has 3 N–H and O–H groups in total. The zero-order chi connectivity index (χ0) is 13.7. The second kappa shape index (κ2) is 4.06. The summed E-state index contributed by atoms with van der Waals surface area (Å²) >= 11 is 4.56. The molecule has 3 atom stereocenters. The van der Waals surface area contributed by atoms with Crippen molar-refractivity contribution < 1.29 is 18.3 Å². The third-order valence-electron chi connectivity index (χ3n) is 3.60. The number of hydrogen-bond donors (Lipinski definition) is 2. The first-order valence-electron chi connectivity index (χ1n) is 5.64. The van der Waals surface area contributed by atoms with E-state index in [0.717, 1.165) is 6.42 Å². The van der Waals surface area contributed by atoms with Crippen LogP contribution in [0.1, 0.15) is 26.2 Å². The third kappa shape index (κ3) is 1.78. The van der Waals surface area contributed by atoms with E-state index in [1.165, 1.54) is 0 Å². The molecule has 1 aliphatic carbocycles. The summed E-state index contributed by atoms with van der Waals surface area (Å²) in [4.78, 5) is 0. The molecule has 4 nitrogen and oxygen atoms in total. The Morgan fingerprint density at radius 3 is 2.72 bits per heavy atom. The standard InChI is InChI=1S/C10H14F3N3OS/c1-5-2-3-7-6(4-5)9(17,10(11,12)13)16(15-7)8(14)18/h5-6,17H,2-4H2,1H3,(H2,14,18)/t5-,6+,9+/m0/s1. The lowest BCUT2D eigenvalue weighted by molar-refractivity contribution is -0.310. The van der Waals surface area contributed by atoms with E-state index in [0.29, 0.717) is 17.1 Å². The highest BCUT2D eigenvalue weighted by Gasteiger charge is 2.68. The van der Waals surface area contributed by atoms with Crippen molar-refractivity contribution in [2.45, 2.75) is 38.1 Å². The van der Waals surface area contributed by atoms with Crippen LogP contribution in [-0.2, 0) is 0 Å². The number of rotatable bonds is 0. The van der Waals surface area contributed by atoms with E-state index in [4.69, 9.17) is 5.73 Å². The summed E-state index contributed by atoms with van der Waals surface area (Å²) in [6, 6.07) is 0. The van der Waals surface area contributed by atoms with Crippen molar-refractivity contribution in [1.29, 1.82) is 0 Å². The molecule has 2 aliphatic rings. The maximum atomic E-state index is 13.2. The molecule has 0 saturated heterocycles. The lowest BCUT2D eigenvalue weighted by atomic mass is 9.76. The molecule has 0 bridgehead atoms. The van der Waals surface area contributed by atoms with E-state index in [2.05, 4.69) is 17.3 Å². The summed E-state index contributed by atoms with van der Waals surface area (Å²) in [6.07, 6.45) is -3.44. The first kappa shape index (κ1) is 13.5. The smallest absolute Gasteiger partial charge is 0.375 e. The van der Waals surface area contributed by atoms with Gasteiger partial charge in [0.1, 0.15) is 0 Å². The summed E-state index contributed by atoms with van der Waals surface area (Å²) in [6.45, 7) is 1.86. The molecule has 0 unspecified atom stereocenters. The van der Waals surface area contributed by atoms with Crippen molar-refractivity contribution in [3.05, 3.63) is 0 Å². The van der Waals surface area contributed by atoms with Gasteiger partial charge >= 0.3 is 6.18 Å². The highest BCUT2D eigenvalue weighted by Crippen LogP contribution is 2.48. The van der Waals surface area contributed by atoms with Gasteiger partial charge in [-0.25, -0.2) is 0 Å². The number of halogens is 3. The maximum Gasteiger partial charge on any atom is 0.439 e. The van der Waals surface area contributed by atoms with Crippen molar-refractivity contribution >= 4 is 23.0 Å². The summed E-state index contributed by atoms with van der Waals surface area (Å²) < 4.78 is 39.5. The van der Waals surface area contributed by atoms with Gasteiger partial charge in [-0.05, 0) is 37.4 Å². The molecular weight excluding hydrogens is 267 g/mol. The first-order valence-corrected chi connectivity index (χ1v) is 6.05. The number of nitrogens with zero attached hydrogens (tertiary/aromatic N) is 2. The average molecular weight is 281 g/mol. The summed E-state index contributed by atoms with van der Waals surface area (Å²) in [5.74, 6) is -0.975. The summed E-state index contributed by atoms with van der Waals surface area (Å²) in [5.41, 5.74) is 2.49. The van der Waals surface area contributed by atoms with Gasteiger partial charge in [-0.15, -0.1) is 0 Å². The fraction of sp³-hybridized carbons (Fsp3) is 0.800. The van der Waals surface area contributed by atoms with Crippen molar-refractivity contribution in [2.24, 2.45) is 22.7 Å². The fourth-order valence-corrected chi connectivity index (χ4v) is 2.81. The van der Waals surface area contributed by atoms with Crippen LogP contribution in [0.4, 0.5) is 13.2 Å². The minimum absolute atomic E-state index is 0.106. The number of alkyl halides is 3. The molecule has 8 heteroatoms. The van der Waals surface area contributed by atoms with Gasteiger partial charge in [0.2, 0.25) is 0 Å². The average Bonchev–Trinajstić information content (AvgIpc) is 2.53. The Kier molecular flexibility index (Phi) is 3.05. The molecule has 0 aromatic rings. The number of fused-ring (bicyclic) bond motifs is 1. The fourth-order valence-electron chi connectivity index (χ4n) is 2.63. The minimum atomic E-state index is -4.86. The van der Waals surface area contributed by atoms with Crippen molar-refractivity contribution in [3.8, 4) is 0 Å². The van der Waals surface area contributed by atoms with Gasteiger partial charge < -0.3 is 10.8 Å². The van der Waals surface area contributed by atoms with Gasteiger partial charge in [0.25, 0.3) is 5.72 Å². The van der Waals surface area contributed by atoms with Gasteiger partial charge in [0.15, 0.2) is 5.11 Å². The van der Waals surface area contributed by atoms with Crippen LogP contribution in [0, 0.1) is 11.8 Å². The monoisotopic (exact) mass is 281 g/mol. The molecule has 1 fully saturated rings. The number of thiocarbonyl (C=S) groups is 1. The highest BCUT2D eigenvalue weighted by molar-refractivity contribution is 7.80. The van der Waals surface area contributed by atoms with E-state index in [9.17, 15) is 18.3 Å². The molecule has 2 rings (SSSR count). The number of hydrazone groups is 1. The quantitative estimate of drug-likeness (QED) is 0.662. The van der Waals surface area contributed by atoms with Crippen LogP contribution >= 0.6 is 12.2 Å². The Balaban J connectivity index is 2.45. The Morgan fingerprint density at radius 1 is 1.61 bits per heavy atom. The zero-order valence-corrected chi connectivity index (χ0v) is 10.6. The SMILES string of the molecule is C[C@H]1CCC2=NN(C(N)=S)[C@](O)(C(F)(F)F)[C@@H]2C1. The van der Waals surface area contributed by atoms with Gasteiger partial charge in [0, 0.05) is 5.71 Å². The third-order valence-corrected chi connectivity index (χ3v) is 3.77. The van der Waals surface area contributed by atoms with Gasteiger partial charge in [-0.3, -0.25) is 0 Å². The molecule has 0 aromatic carbocycles. The van der Waals surface area contributed by atoms with Crippen molar-refractivity contribution in [3.63, 3.8) is 0 Å². The van der Waals surface area contributed by atoms with Gasteiger partial charge in [0.05, 0.1) is 5.92 Å². The molecular formula is C10H14F3N3OS. The van der Waals surface area contributed by atoms with Crippen molar-refractivity contribution in [2.75, 3.05) is 0 Å². The Hall–Kier alpha value is -0.890. The molecule has 18 heavy (non-hydrogen) atoms. The largest absolute Gasteiger partial charge is 0.439 e. The lowest BCUT2D eigenvalue weighted by Gasteiger charge is -2.39. The first-order chi connectivity index (χ1) is 8.18. The van der Waals surface area contributed by atoms with Crippen LogP contribution in [0.2, 0.25) is 0 Å². The van der Waals surface area contributed by atoms with E-state index in [1.54, 1.807) is 0 Å². The maximum absolute atomic E-state index is 13.2. The van der Waals surface area contributed by atoms with Gasteiger partial charge in [-0.1, -0.05) is 6.92 Å².